The van der Waals surface area contributed by atoms with Crippen LogP contribution in [0.2, 0.25) is 0 Å². The summed E-state index contributed by atoms with van der Waals surface area (Å²) in [5, 5.41) is 32.2. The van der Waals surface area contributed by atoms with E-state index in [9.17, 15) is 53.4 Å². The second kappa shape index (κ2) is 31.8. The minimum Gasteiger partial charge on any atom is -0.507 e. The van der Waals surface area contributed by atoms with Crippen molar-refractivity contribution in [2.45, 2.75) is 155 Å². The van der Waals surface area contributed by atoms with E-state index in [2.05, 4.69) is 16.0 Å². The lowest BCUT2D eigenvalue weighted by molar-refractivity contribution is -0.321. The third kappa shape index (κ3) is 16.4. The number of carbonyl (C=O) groups is 11. The molecule has 2 aliphatic heterocycles. The van der Waals surface area contributed by atoms with Crippen molar-refractivity contribution in [3.63, 3.8) is 0 Å². The van der Waals surface area contributed by atoms with Gasteiger partial charge in [-0.3, -0.25) is 43.3 Å². The molecule has 5 amide bonds. The largest absolute Gasteiger partial charge is 0.507 e. The number of phenols is 1. The number of nitrogens with one attached hydrogen (secondary N) is 3. The Morgan fingerprint density at radius 3 is 2.05 bits per heavy atom. The van der Waals surface area contributed by atoms with Crippen LogP contribution in [0.5, 0.6) is 5.75 Å². The molecule has 0 spiro atoms. The predicted molar refractivity (Wildman–Crippen MR) is 355 cm³/mol. The number of imide groups is 1. The molecule has 24 heteroatoms. The number of phenolic OH excluding ortho intramolecular Hbond substituents is 1. The van der Waals surface area contributed by atoms with Crippen molar-refractivity contribution < 1.29 is 91.4 Å². The maximum Gasteiger partial charge on any atom is 0.350 e. The summed E-state index contributed by atoms with van der Waals surface area (Å²) >= 11 is 0. The van der Waals surface area contributed by atoms with Gasteiger partial charge in [-0.15, -0.1) is 0 Å². The SMILES string of the molecule is CCN(CCNC(=O)CCCCCNC(=O)CCN1C(=O)CC(C)C1=O)c1ccc(/C=C(\C)C(=O)OC(C(=O)OC2CC3[C@@H](OC(=O)c4ccccc4)C4C(C(=O)[C@H](OC(C)=O)C(=C2C)C3(C)C)C(O)C[C@H]2OC[C@@]42OC(C)=O)[C@@H](NC(=O)c2ccccc2)c2ccccc2)c(O)c1. The Balaban J connectivity index is 0.955. The van der Waals surface area contributed by atoms with Gasteiger partial charge in [-0.05, 0) is 105 Å². The number of aliphatic hydroxyl groups is 1. The van der Waals surface area contributed by atoms with Crippen LogP contribution in [0, 0.1) is 29.1 Å². The van der Waals surface area contributed by atoms with Gasteiger partial charge < -0.3 is 59.5 Å². The number of carbonyl (C=O) groups excluding carboxylic acids is 11. The van der Waals surface area contributed by atoms with Crippen LogP contribution < -0.4 is 20.9 Å². The zero-order valence-corrected chi connectivity index (χ0v) is 56.4. The van der Waals surface area contributed by atoms with E-state index < -0.39 is 113 Å². The normalized spacial score (nSPS) is 24.5. The fourth-order valence-electron chi connectivity index (χ4n) is 14.4. The molecule has 0 aromatic heterocycles. The molecule has 3 aliphatic carbocycles. The molecule has 12 atom stereocenters. The van der Waals surface area contributed by atoms with Gasteiger partial charge in [0.2, 0.25) is 29.7 Å². The Labute approximate surface area is 569 Å². The fraction of sp³-hybridized carbons (Fsp3) is 0.473. The molecule has 5 N–H and O–H groups in total. The zero-order valence-electron chi connectivity index (χ0n) is 56.4. The Hall–Kier alpha value is -9.55. The van der Waals surface area contributed by atoms with E-state index in [-0.39, 0.29) is 121 Å². The molecule has 9 rings (SSSR count). The van der Waals surface area contributed by atoms with Crippen molar-refractivity contribution in [2.75, 3.05) is 44.2 Å². The van der Waals surface area contributed by atoms with Gasteiger partial charge in [0.1, 0.15) is 30.1 Å². The smallest absolute Gasteiger partial charge is 0.350 e. The van der Waals surface area contributed by atoms with Gasteiger partial charge in [0.05, 0.1) is 30.1 Å². The van der Waals surface area contributed by atoms with Crippen molar-refractivity contribution >= 4 is 76.9 Å². The highest BCUT2D eigenvalue weighted by atomic mass is 16.6. The first-order chi connectivity index (χ1) is 46.7. The Morgan fingerprint density at radius 1 is 0.786 bits per heavy atom. The minimum absolute atomic E-state index is 0.0251. The number of ether oxygens (including phenoxy) is 6. The molecule has 2 bridgehead atoms. The van der Waals surface area contributed by atoms with Crippen molar-refractivity contribution in [3.05, 3.63) is 148 Å². The van der Waals surface area contributed by atoms with Crippen LogP contribution >= 0.6 is 0 Å². The molecule has 4 aromatic rings. The summed E-state index contributed by atoms with van der Waals surface area (Å²) in [6, 6.07) is 27.8. The zero-order chi connectivity index (χ0) is 70.8. The molecular weight excluding hydrogens is 1260 g/mol. The number of nitrogens with zero attached hydrogens (tertiary/aromatic N) is 2. The van der Waals surface area contributed by atoms with Gasteiger partial charge in [-0.25, -0.2) is 14.4 Å². The van der Waals surface area contributed by atoms with E-state index in [1.807, 2.05) is 11.8 Å². The first-order valence-corrected chi connectivity index (χ1v) is 33.4. The summed E-state index contributed by atoms with van der Waals surface area (Å²) in [5.74, 6) is -11.5. The molecular formula is C74H87N5O19. The summed E-state index contributed by atoms with van der Waals surface area (Å²) in [4.78, 5) is 154. The number of unbranched alkanes of at least 4 members (excludes halogenated alkanes) is 2. The number of likely N-dealkylation sites (N-methyl/N-ethyl adjacent to an activating group) is 1. The summed E-state index contributed by atoms with van der Waals surface area (Å²) in [6.07, 6.45) is -5.60. The second-order valence-electron chi connectivity index (χ2n) is 26.4. The third-order valence-corrected chi connectivity index (χ3v) is 19.4. The highest BCUT2D eigenvalue weighted by Gasteiger charge is 2.72. The van der Waals surface area contributed by atoms with Crippen LogP contribution in [0.4, 0.5) is 5.69 Å². The van der Waals surface area contributed by atoms with E-state index >= 15 is 9.59 Å². The number of ketones is 1. The van der Waals surface area contributed by atoms with Crippen LogP contribution in [0.15, 0.2) is 126 Å². The number of hydrogen-bond acceptors (Lipinski definition) is 20. The molecule has 24 nitrogen and oxygen atoms in total. The summed E-state index contributed by atoms with van der Waals surface area (Å²) in [5.41, 5.74) is -1.16. The molecule has 2 saturated carbocycles. The van der Waals surface area contributed by atoms with E-state index in [0.717, 1.165) is 11.8 Å². The highest BCUT2D eigenvalue weighted by molar-refractivity contribution is 6.03. The van der Waals surface area contributed by atoms with Gasteiger partial charge in [0.25, 0.3) is 5.91 Å². The number of anilines is 1. The topological polar surface area (TPSA) is 326 Å². The Morgan fingerprint density at radius 2 is 1.44 bits per heavy atom. The Kier molecular flexibility index (Phi) is 23.6. The third-order valence-electron chi connectivity index (χ3n) is 19.4. The number of benzene rings is 4. The van der Waals surface area contributed by atoms with Crippen molar-refractivity contribution in [1.29, 1.82) is 0 Å². The number of esters is 5. The molecule has 7 unspecified atom stereocenters. The van der Waals surface area contributed by atoms with Crippen molar-refractivity contribution in [3.8, 4) is 5.75 Å². The first-order valence-electron chi connectivity index (χ1n) is 33.4. The number of likely N-dealkylation sites (tertiary alicyclic amines) is 1. The maximum absolute atomic E-state index is 15.7. The van der Waals surface area contributed by atoms with Gasteiger partial charge in [0, 0.05) is 113 Å². The maximum atomic E-state index is 15.7. The van der Waals surface area contributed by atoms with Crippen molar-refractivity contribution in [2.24, 2.45) is 29.1 Å². The molecule has 0 radical (unpaired) electrons. The molecule has 522 valence electrons. The van der Waals surface area contributed by atoms with Crippen LogP contribution in [0.25, 0.3) is 6.08 Å². The van der Waals surface area contributed by atoms with E-state index in [1.165, 1.54) is 38.1 Å². The molecule has 2 heterocycles. The van der Waals surface area contributed by atoms with Gasteiger partial charge in [-0.2, -0.15) is 0 Å². The number of aromatic hydroxyl groups is 1. The van der Waals surface area contributed by atoms with Gasteiger partial charge in [0.15, 0.2) is 17.5 Å². The lowest BCUT2D eigenvalue weighted by atomic mass is 9.50. The summed E-state index contributed by atoms with van der Waals surface area (Å²) < 4.78 is 37.6. The monoisotopic (exact) mass is 1350 g/mol. The first kappa shape index (κ1) is 72.7. The molecule has 98 heavy (non-hydrogen) atoms. The standard InChI is InChI=1S/C74H87N5O19/c1-9-78(35-33-76-57(84)28-20-13-21-32-75-58(85)31-34-79-59(86)37-42(2)69(79)89)51-30-29-50(53(82)38-51)36-43(3)70(90)97-67(63(47-22-14-10-15-23-47)77-68(88)48-24-16-11-17-25-48)72(92)95-55-39-52-65(96-71(91)49-26-18-12-19-27-49)62-60(54(83)40-56-74(62,41-93-56)98-46(6)81)64(87)66(94-45(5)80)61(44(55)4)73(52,7)8/h10-12,14-19,22-27,29-30,36,38,42,52,54-56,60,62-63,65-67,82-83H,9,13,20-21,28,31-35,37,39-41H2,1-8H3,(H,75,85)(H,76,84)(H,77,88)/b43-36+/t42?,52?,54?,55?,56-,60?,62?,63+,65-,66-,67?,74+/m1/s1. The molecule has 2 saturated heterocycles. The van der Waals surface area contributed by atoms with Crippen LogP contribution in [-0.2, 0) is 71.6 Å². The quantitative estimate of drug-likeness (QED) is 0.0100. The lowest BCUT2D eigenvalue weighted by Crippen LogP contribution is -2.76. The molecule has 4 fully saturated rings. The summed E-state index contributed by atoms with van der Waals surface area (Å²) in [7, 11) is 0. The number of aliphatic hydroxyl groups excluding tert-OH is 1. The number of amides is 5. The Bertz CT molecular complexity index is 3730. The average Bonchev–Trinajstić information content (AvgIpc) is 0.762. The molecule has 4 aromatic carbocycles. The van der Waals surface area contributed by atoms with E-state index in [0.29, 0.717) is 50.1 Å². The van der Waals surface area contributed by atoms with E-state index in [4.69, 9.17) is 28.4 Å². The van der Waals surface area contributed by atoms with Crippen molar-refractivity contribution in [1.82, 2.24) is 20.9 Å². The molecule has 5 aliphatic rings. The van der Waals surface area contributed by atoms with Crippen LogP contribution in [0.1, 0.15) is 145 Å². The average molecular weight is 1350 g/mol. The second-order valence-corrected chi connectivity index (χ2v) is 26.4. The fourth-order valence-corrected chi connectivity index (χ4v) is 14.4. The lowest BCUT2D eigenvalue weighted by Gasteiger charge is -2.62. The number of Topliss-reactive ketones (excluding diaryl/α,β-unsaturated/α-hetero) is 1. The van der Waals surface area contributed by atoms with Crippen LogP contribution in [-0.4, -0.2) is 162 Å². The number of hydrogen-bond donors (Lipinski definition) is 5. The summed E-state index contributed by atoms with van der Waals surface area (Å²) in [6.45, 7) is 13.8. The van der Waals surface area contributed by atoms with Gasteiger partial charge in [-0.1, -0.05) is 93.9 Å². The minimum atomic E-state index is -1.99. The van der Waals surface area contributed by atoms with Gasteiger partial charge >= 0.3 is 29.8 Å². The predicted octanol–water partition coefficient (Wildman–Crippen LogP) is 6.99. The van der Waals surface area contributed by atoms with Crippen LogP contribution in [0.3, 0.4) is 0 Å². The number of fused-ring (bicyclic) bond motifs is 5. The highest BCUT2D eigenvalue weighted by Crippen LogP contribution is 2.60. The number of rotatable bonds is 27. The van der Waals surface area contributed by atoms with E-state index in [1.54, 1.807) is 119 Å².